The van der Waals surface area contributed by atoms with E-state index in [0.29, 0.717) is 11.8 Å². The maximum Gasteiger partial charge on any atom is 0.145 e. The largest absolute Gasteiger partial charge is 0.292 e. The van der Waals surface area contributed by atoms with E-state index < -0.39 is 0 Å². The molecule has 0 saturated carbocycles. The van der Waals surface area contributed by atoms with Crippen molar-refractivity contribution in [3.05, 3.63) is 90.4 Å². The molecule has 0 spiro atoms. The van der Waals surface area contributed by atoms with Gasteiger partial charge in [-0.25, -0.2) is 4.98 Å². The van der Waals surface area contributed by atoms with Crippen LogP contribution in [-0.2, 0) is 0 Å². The fourth-order valence-electron chi connectivity index (χ4n) is 5.25. The molecule has 0 unspecified atom stereocenters. The maximum absolute atomic E-state index is 5.00. The van der Waals surface area contributed by atoms with Gasteiger partial charge < -0.3 is 0 Å². The first-order chi connectivity index (χ1) is 16.0. The van der Waals surface area contributed by atoms with Crippen molar-refractivity contribution in [1.29, 1.82) is 0 Å². The molecule has 6 aromatic rings. The van der Waals surface area contributed by atoms with Gasteiger partial charge in [-0.15, -0.1) is 0 Å². The number of benzene rings is 3. The standard InChI is InChI=1S/C30H27N3/c1-18(2)22-10-7-11-23(19(3)4)29(22)28-17-32-30-25-9-6-5-8-24(25)26-14-21-16-31-13-12-20(21)15-27(26)33(28)30/h5-19H,1-4H3. The summed E-state index contributed by atoms with van der Waals surface area (Å²) in [6, 6.07) is 22.0. The molecule has 162 valence electrons. The van der Waals surface area contributed by atoms with E-state index in [1.807, 2.05) is 12.4 Å². The Hall–Kier alpha value is -3.72. The van der Waals surface area contributed by atoms with Crippen LogP contribution in [0.25, 0.3) is 49.4 Å². The van der Waals surface area contributed by atoms with Gasteiger partial charge in [0, 0.05) is 34.1 Å². The van der Waals surface area contributed by atoms with Crippen molar-refractivity contribution in [2.24, 2.45) is 0 Å². The van der Waals surface area contributed by atoms with E-state index in [2.05, 4.69) is 104 Å². The van der Waals surface area contributed by atoms with E-state index in [1.165, 1.54) is 49.4 Å². The molecule has 3 aromatic carbocycles. The molecule has 0 N–H and O–H groups in total. The molecule has 3 heteroatoms. The maximum atomic E-state index is 5.00. The van der Waals surface area contributed by atoms with Gasteiger partial charge in [-0.05, 0) is 51.9 Å². The van der Waals surface area contributed by atoms with Gasteiger partial charge in [0.05, 0.1) is 17.4 Å². The van der Waals surface area contributed by atoms with E-state index in [1.54, 1.807) is 0 Å². The highest BCUT2D eigenvalue weighted by Crippen LogP contribution is 2.40. The Morgan fingerprint density at radius 2 is 1.42 bits per heavy atom. The Kier molecular flexibility index (Phi) is 4.48. The van der Waals surface area contributed by atoms with Gasteiger partial charge >= 0.3 is 0 Å². The number of imidazole rings is 1. The van der Waals surface area contributed by atoms with Crippen LogP contribution in [0.1, 0.15) is 50.7 Å². The van der Waals surface area contributed by atoms with Gasteiger partial charge in [-0.3, -0.25) is 9.38 Å². The third kappa shape index (κ3) is 2.96. The first-order valence-electron chi connectivity index (χ1n) is 11.7. The van der Waals surface area contributed by atoms with Gasteiger partial charge in [0.25, 0.3) is 0 Å². The summed E-state index contributed by atoms with van der Waals surface area (Å²) in [5, 5.41) is 5.97. The SMILES string of the molecule is CC(C)c1cccc(C(C)C)c1-c1cnc2c3ccccc3c3cc4cnccc4cc3n12. The van der Waals surface area contributed by atoms with Crippen molar-refractivity contribution in [3.63, 3.8) is 0 Å². The number of rotatable bonds is 3. The fraction of sp³-hybridized carbons (Fsp3) is 0.200. The number of fused-ring (bicyclic) bond motifs is 7. The third-order valence-electron chi connectivity index (χ3n) is 6.85. The molecule has 33 heavy (non-hydrogen) atoms. The first kappa shape index (κ1) is 19.9. The molecule has 0 atom stereocenters. The Morgan fingerprint density at radius 1 is 0.697 bits per heavy atom. The molecular formula is C30H27N3. The van der Waals surface area contributed by atoms with Crippen molar-refractivity contribution in [2.75, 3.05) is 0 Å². The lowest BCUT2D eigenvalue weighted by Crippen LogP contribution is -2.02. The third-order valence-corrected chi connectivity index (χ3v) is 6.85. The van der Waals surface area contributed by atoms with Crippen LogP contribution >= 0.6 is 0 Å². The van der Waals surface area contributed by atoms with E-state index in [9.17, 15) is 0 Å². The average molecular weight is 430 g/mol. The number of nitrogens with zero attached hydrogens (tertiary/aromatic N) is 3. The lowest BCUT2D eigenvalue weighted by molar-refractivity contribution is 0.836. The number of aromatic nitrogens is 3. The lowest BCUT2D eigenvalue weighted by Gasteiger charge is -2.20. The average Bonchev–Trinajstić information content (AvgIpc) is 3.28. The van der Waals surface area contributed by atoms with Gasteiger partial charge in [-0.2, -0.15) is 0 Å². The molecule has 0 fully saturated rings. The molecule has 0 saturated heterocycles. The summed E-state index contributed by atoms with van der Waals surface area (Å²) >= 11 is 0. The van der Waals surface area contributed by atoms with Crippen LogP contribution in [0, 0.1) is 0 Å². The van der Waals surface area contributed by atoms with Gasteiger partial charge in [0.15, 0.2) is 0 Å². The van der Waals surface area contributed by atoms with Crippen LogP contribution in [0.3, 0.4) is 0 Å². The van der Waals surface area contributed by atoms with E-state index in [-0.39, 0.29) is 0 Å². The van der Waals surface area contributed by atoms with Crippen molar-refractivity contribution >= 4 is 38.1 Å². The Labute approximate surface area is 193 Å². The fourth-order valence-corrected chi connectivity index (χ4v) is 5.25. The van der Waals surface area contributed by atoms with Crippen LogP contribution < -0.4 is 0 Å². The minimum Gasteiger partial charge on any atom is -0.292 e. The van der Waals surface area contributed by atoms with Crippen LogP contribution in [0.4, 0.5) is 0 Å². The zero-order valence-corrected chi connectivity index (χ0v) is 19.5. The highest BCUT2D eigenvalue weighted by molar-refractivity contribution is 6.15. The summed E-state index contributed by atoms with van der Waals surface area (Å²) < 4.78 is 2.38. The normalized spacial score (nSPS) is 12.2. The Bertz CT molecular complexity index is 1650. The molecule has 3 nitrogen and oxygen atoms in total. The molecule has 3 heterocycles. The molecule has 0 bridgehead atoms. The minimum atomic E-state index is 0.419. The minimum absolute atomic E-state index is 0.419. The molecule has 0 aliphatic carbocycles. The molecule has 0 aliphatic rings. The van der Waals surface area contributed by atoms with Crippen molar-refractivity contribution in [1.82, 2.24) is 14.4 Å². The number of hydrogen-bond acceptors (Lipinski definition) is 2. The van der Waals surface area contributed by atoms with E-state index in [0.717, 1.165) is 11.0 Å². The lowest BCUT2D eigenvalue weighted by atomic mass is 9.87. The second kappa shape index (κ2) is 7.41. The zero-order chi connectivity index (χ0) is 22.7. The summed E-state index contributed by atoms with van der Waals surface area (Å²) in [5.74, 6) is 0.839. The quantitative estimate of drug-likeness (QED) is 0.210. The van der Waals surface area contributed by atoms with Crippen LogP contribution in [-0.4, -0.2) is 14.4 Å². The zero-order valence-electron chi connectivity index (χ0n) is 19.5. The summed E-state index contributed by atoms with van der Waals surface area (Å²) in [7, 11) is 0. The van der Waals surface area contributed by atoms with Crippen molar-refractivity contribution < 1.29 is 0 Å². The summed E-state index contributed by atoms with van der Waals surface area (Å²) in [6.07, 6.45) is 5.89. The van der Waals surface area contributed by atoms with Crippen molar-refractivity contribution in [2.45, 2.75) is 39.5 Å². The van der Waals surface area contributed by atoms with Crippen LogP contribution in [0.2, 0.25) is 0 Å². The Morgan fingerprint density at radius 3 is 2.15 bits per heavy atom. The molecule has 0 radical (unpaired) electrons. The molecule has 0 amide bonds. The van der Waals surface area contributed by atoms with Gasteiger partial charge in [0.1, 0.15) is 5.65 Å². The topological polar surface area (TPSA) is 30.2 Å². The molecule has 0 aliphatic heterocycles. The van der Waals surface area contributed by atoms with Gasteiger partial charge in [0.2, 0.25) is 0 Å². The summed E-state index contributed by atoms with van der Waals surface area (Å²) in [4.78, 5) is 9.36. The predicted molar refractivity (Wildman–Crippen MR) is 139 cm³/mol. The Balaban J connectivity index is 1.86. The first-order valence-corrected chi connectivity index (χ1v) is 11.7. The van der Waals surface area contributed by atoms with Gasteiger partial charge in [-0.1, -0.05) is 70.2 Å². The van der Waals surface area contributed by atoms with Crippen LogP contribution in [0.15, 0.2) is 79.3 Å². The predicted octanol–water partition coefficient (Wildman–Crippen LogP) is 8.10. The van der Waals surface area contributed by atoms with E-state index >= 15 is 0 Å². The number of pyridine rings is 2. The summed E-state index contributed by atoms with van der Waals surface area (Å²) in [5.41, 5.74) is 7.42. The highest BCUT2D eigenvalue weighted by Gasteiger charge is 2.21. The summed E-state index contributed by atoms with van der Waals surface area (Å²) in [6.45, 7) is 9.11. The smallest absolute Gasteiger partial charge is 0.145 e. The number of hydrogen-bond donors (Lipinski definition) is 0. The molecule has 3 aromatic heterocycles. The van der Waals surface area contributed by atoms with Crippen LogP contribution in [0.5, 0.6) is 0 Å². The second-order valence-electron chi connectivity index (χ2n) is 9.56. The van der Waals surface area contributed by atoms with Crippen molar-refractivity contribution in [3.8, 4) is 11.3 Å². The molecular weight excluding hydrogens is 402 g/mol. The van der Waals surface area contributed by atoms with E-state index in [4.69, 9.17) is 4.98 Å². The molecule has 6 rings (SSSR count). The highest BCUT2D eigenvalue weighted by atomic mass is 15.0. The monoisotopic (exact) mass is 429 g/mol. The second-order valence-corrected chi connectivity index (χ2v) is 9.56.